The van der Waals surface area contributed by atoms with Crippen LogP contribution in [-0.2, 0) is 5.66 Å². The van der Waals surface area contributed by atoms with E-state index in [1.807, 2.05) is 25.3 Å². The van der Waals surface area contributed by atoms with Crippen molar-refractivity contribution in [2.45, 2.75) is 12.6 Å². The van der Waals surface area contributed by atoms with E-state index in [9.17, 15) is 0 Å². The van der Waals surface area contributed by atoms with Gasteiger partial charge < -0.3 is 15.4 Å². The van der Waals surface area contributed by atoms with Gasteiger partial charge in [-0.05, 0) is 30.7 Å². The number of methoxy groups -OCH3 is 1. The zero-order valence-electron chi connectivity index (χ0n) is 14.6. The molecule has 0 bridgehead atoms. The summed E-state index contributed by atoms with van der Waals surface area (Å²) in [6, 6.07) is 8.13. The summed E-state index contributed by atoms with van der Waals surface area (Å²) in [6.45, 7) is 6.97. The standard InChI is InChI=1S/C17H25N5O.2ClH/c1-14-19-7-6-17(21-14,15-4-3-5-16(12-15)23-2)20-13-22-10-8-18-9-11-22;;/h3-7,12,18,20H,8-11,13H2,1-2H3,(H,19,21);2*1H. The highest BCUT2D eigenvalue weighted by atomic mass is 35.5. The molecular weight excluding hydrogens is 361 g/mol. The van der Waals surface area contributed by atoms with Gasteiger partial charge in [0.15, 0.2) is 0 Å². The van der Waals surface area contributed by atoms with Crippen molar-refractivity contribution < 1.29 is 4.74 Å². The second-order valence-electron chi connectivity index (χ2n) is 5.90. The lowest BCUT2D eigenvalue weighted by Crippen LogP contribution is -2.59. The van der Waals surface area contributed by atoms with E-state index in [1.165, 1.54) is 0 Å². The monoisotopic (exact) mass is 387 g/mol. The molecule has 25 heavy (non-hydrogen) atoms. The van der Waals surface area contributed by atoms with Crippen LogP contribution in [0.1, 0.15) is 12.5 Å². The van der Waals surface area contributed by atoms with Crippen molar-refractivity contribution in [1.29, 1.82) is 0 Å². The summed E-state index contributed by atoms with van der Waals surface area (Å²) >= 11 is 0. The molecule has 1 aromatic rings. The molecular formula is C17H27Cl2N5O. The van der Waals surface area contributed by atoms with E-state index in [1.54, 1.807) is 7.11 Å². The maximum atomic E-state index is 5.38. The van der Waals surface area contributed by atoms with Crippen molar-refractivity contribution in [2.24, 2.45) is 4.99 Å². The average Bonchev–Trinajstić information content (AvgIpc) is 2.61. The third-order valence-corrected chi connectivity index (χ3v) is 4.29. The van der Waals surface area contributed by atoms with Gasteiger partial charge in [0.05, 0.1) is 13.8 Å². The van der Waals surface area contributed by atoms with E-state index >= 15 is 0 Å². The Bertz CT molecular complexity index is 604. The molecule has 0 amide bonds. The van der Waals surface area contributed by atoms with Gasteiger partial charge in [-0.15, -0.1) is 24.8 Å². The minimum absolute atomic E-state index is 0. The lowest BCUT2D eigenvalue weighted by molar-refractivity contribution is 0.192. The molecule has 0 spiro atoms. The second-order valence-corrected chi connectivity index (χ2v) is 5.90. The number of rotatable bonds is 5. The Hall–Kier alpha value is -1.31. The van der Waals surface area contributed by atoms with Crippen molar-refractivity contribution in [1.82, 2.24) is 20.9 Å². The Morgan fingerprint density at radius 3 is 2.72 bits per heavy atom. The number of ether oxygens (including phenoxy) is 1. The van der Waals surface area contributed by atoms with Crippen LogP contribution >= 0.6 is 24.8 Å². The molecule has 1 saturated heterocycles. The van der Waals surface area contributed by atoms with E-state index in [4.69, 9.17) is 4.74 Å². The van der Waals surface area contributed by atoms with Crippen LogP contribution in [0.4, 0.5) is 0 Å². The molecule has 6 nitrogen and oxygen atoms in total. The maximum absolute atomic E-state index is 5.38. The van der Waals surface area contributed by atoms with Crippen LogP contribution in [0.15, 0.2) is 41.5 Å². The van der Waals surface area contributed by atoms with E-state index in [0.29, 0.717) is 0 Å². The number of hydrogen-bond acceptors (Lipinski definition) is 6. The molecule has 1 unspecified atom stereocenters. The van der Waals surface area contributed by atoms with Crippen molar-refractivity contribution in [3.05, 3.63) is 42.1 Å². The third kappa shape index (κ3) is 5.33. The van der Waals surface area contributed by atoms with Crippen molar-refractivity contribution >= 4 is 30.6 Å². The summed E-state index contributed by atoms with van der Waals surface area (Å²) in [6.07, 6.45) is 3.92. The number of nitrogens with one attached hydrogen (secondary N) is 3. The van der Waals surface area contributed by atoms with Gasteiger partial charge in [0.1, 0.15) is 17.2 Å². The number of nitrogens with zero attached hydrogens (tertiary/aromatic N) is 2. The van der Waals surface area contributed by atoms with Gasteiger partial charge in [-0.3, -0.25) is 10.2 Å². The number of halogens is 2. The van der Waals surface area contributed by atoms with Crippen molar-refractivity contribution in [2.75, 3.05) is 40.0 Å². The normalized spacial score (nSPS) is 22.9. The fourth-order valence-electron chi connectivity index (χ4n) is 2.97. The summed E-state index contributed by atoms with van der Waals surface area (Å²) in [5.41, 5.74) is 0.642. The third-order valence-electron chi connectivity index (χ3n) is 4.29. The molecule has 1 atom stereocenters. The van der Waals surface area contributed by atoms with Crippen LogP contribution in [-0.4, -0.2) is 50.7 Å². The van der Waals surface area contributed by atoms with E-state index in [-0.39, 0.29) is 24.8 Å². The number of piperazine rings is 1. The zero-order valence-corrected chi connectivity index (χ0v) is 16.3. The van der Waals surface area contributed by atoms with Crippen LogP contribution in [0.25, 0.3) is 0 Å². The Labute approximate surface area is 161 Å². The number of benzene rings is 1. The molecule has 0 aromatic heterocycles. The largest absolute Gasteiger partial charge is 0.497 e. The van der Waals surface area contributed by atoms with Gasteiger partial charge in [0, 0.05) is 32.4 Å². The summed E-state index contributed by atoms with van der Waals surface area (Å²) < 4.78 is 5.38. The van der Waals surface area contributed by atoms with E-state index < -0.39 is 5.66 Å². The minimum Gasteiger partial charge on any atom is -0.497 e. The van der Waals surface area contributed by atoms with E-state index in [0.717, 1.165) is 50.0 Å². The highest BCUT2D eigenvalue weighted by Crippen LogP contribution is 2.26. The number of aliphatic imine (C=N–C) groups is 1. The minimum atomic E-state index is -0.467. The van der Waals surface area contributed by atoms with Gasteiger partial charge in [-0.1, -0.05) is 12.1 Å². The molecule has 2 aliphatic heterocycles. The van der Waals surface area contributed by atoms with Crippen LogP contribution in [0.2, 0.25) is 0 Å². The highest BCUT2D eigenvalue weighted by Gasteiger charge is 2.32. The molecule has 8 heteroatoms. The molecule has 3 rings (SSSR count). The smallest absolute Gasteiger partial charge is 0.138 e. The first-order valence-corrected chi connectivity index (χ1v) is 8.05. The molecule has 1 fully saturated rings. The number of amidine groups is 1. The van der Waals surface area contributed by atoms with Crippen molar-refractivity contribution in [3.63, 3.8) is 0 Å². The quantitative estimate of drug-likeness (QED) is 0.717. The molecule has 2 heterocycles. The van der Waals surface area contributed by atoms with E-state index in [2.05, 4.69) is 44.1 Å². The summed E-state index contributed by atoms with van der Waals surface area (Å²) in [4.78, 5) is 6.73. The van der Waals surface area contributed by atoms with Gasteiger partial charge in [-0.2, -0.15) is 0 Å². The SMILES string of the molecule is COc1cccc(C2(NCN3CCNCC3)C=CN=C(C)N2)c1.Cl.Cl. The predicted molar refractivity (Wildman–Crippen MR) is 107 cm³/mol. The fraction of sp³-hybridized carbons (Fsp3) is 0.471. The Kier molecular flexibility index (Phi) is 8.68. The first-order valence-electron chi connectivity index (χ1n) is 8.05. The first kappa shape index (κ1) is 21.7. The van der Waals surface area contributed by atoms with Gasteiger partial charge >= 0.3 is 0 Å². The lowest BCUT2D eigenvalue weighted by atomic mass is 9.97. The second kappa shape index (κ2) is 9.99. The lowest BCUT2D eigenvalue weighted by Gasteiger charge is -2.38. The Morgan fingerprint density at radius 2 is 2.04 bits per heavy atom. The summed E-state index contributed by atoms with van der Waals surface area (Å²) in [5, 5.41) is 10.5. The molecule has 0 radical (unpaired) electrons. The Morgan fingerprint density at radius 1 is 1.28 bits per heavy atom. The molecule has 0 saturated carbocycles. The molecule has 2 aliphatic rings. The van der Waals surface area contributed by atoms with Crippen LogP contribution in [0.3, 0.4) is 0 Å². The van der Waals surface area contributed by atoms with Crippen molar-refractivity contribution in [3.8, 4) is 5.75 Å². The summed E-state index contributed by atoms with van der Waals surface area (Å²) in [5.74, 6) is 1.74. The van der Waals surface area contributed by atoms with Crippen LogP contribution in [0, 0.1) is 0 Å². The molecule has 1 aromatic carbocycles. The topological polar surface area (TPSA) is 60.9 Å². The maximum Gasteiger partial charge on any atom is 0.138 e. The van der Waals surface area contributed by atoms with Gasteiger partial charge in [0.2, 0.25) is 0 Å². The number of hydrogen-bond donors (Lipinski definition) is 3. The van der Waals surface area contributed by atoms with Gasteiger partial charge in [-0.25, -0.2) is 4.99 Å². The van der Waals surface area contributed by atoms with Gasteiger partial charge in [0.25, 0.3) is 0 Å². The molecule has 140 valence electrons. The zero-order chi connectivity index (χ0) is 16.1. The first-order chi connectivity index (χ1) is 11.2. The highest BCUT2D eigenvalue weighted by molar-refractivity contribution is 5.85. The van der Waals surface area contributed by atoms with Crippen LogP contribution in [0.5, 0.6) is 5.75 Å². The average molecular weight is 388 g/mol. The predicted octanol–water partition coefficient (Wildman–Crippen LogP) is 1.68. The molecule has 0 aliphatic carbocycles. The Balaban J connectivity index is 0.00000156. The van der Waals surface area contributed by atoms with Crippen LogP contribution < -0.4 is 20.7 Å². The summed E-state index contributed by atoms with van der Waals surface area (Å²) in [7, 11) is 1.69. The fourth-order valence-corrected chi connectivity index (χ4v) is 2.97. The molecule has 3 N–H and O–H groups in total.